The molecule has 156 valence electrons. The molecule has 0 saturated heterocycles. The van der Waals surface area contributed by atoms with Gasteiger partial charge < -0.3 is 15.1 Å². The Hall–Kier alpha value is -2.34. The summed E-state index contributed by atoms with van der Waals surface area (Å²) in [5.41, 5.74) is 4.10. The van der Waals surface area contributed by atoms with Gasteiger partial charge in [0.05, 0.1) is 6.20 Å². The van der Waals surface area contributed by atoms with Crippen molar-refractivity contribution in [1.29, 1.82) is 0 Å². The van der Waals surface area contributed by atoms with Gasteiger partial charge in [0, 0.05) is 30.6 Å². The molecule has 0 saturated carbocycles. The zero-order valence-corrected chi connectivity index (χ0v) is 18.2. The second kappa shape index (κ2) is 12.3. The zero-order valence-electron chi connectivity index (χ0n) is 16.6. The third-order valence-corrected chi connectivity index (χ3v) is 4.31. The highest BCUT2D eigenvalue weighted by molar-refractivity contribution is 5.91. The number of halogens is 2. The summed E-state index contributed by atoms with van der Waals surface area (Å²) in [7, 11) is 0. The number of rotatable bonds is 8. The Morgan fingerprint density at radius 3 is 2.52 bits per heavy atom. The number of amides is 1. The molecule has 3 aromatic rings. The van der Waals surface area contributed by atoms with Gasteiger partial charge in [0.2, 0.25) is 5.91 Å². The first kappa shape index (κ1) is 24.7. The Labute approximate surface area is 184 Å². The SMILES string of the molecule is CCNCc1ccccc1NC(=O)CCc1ncc(-c2ccc(C)cc2)o1.Cl.Cl. The van der Waals surface area contributed by atoms with Crippen LogP contribution < -0.4 is 10.6 Å². The van der Waals surface area contributed by atoms with Crippen molar-refractivity contribution >= 4 is 36.4 Å². The first-order valence-corrected chi connectivity index (χ1v) is 9.26. The number of hydrogen-bond donors (Lipinski definition) is 2. The van der Waals surface area contributed by atoms with Crippen LogP contribution in [0.5, 0.6) is 0 Å². The van der Waals surface area contributed by atoms with Crippen LogP contribution in [0.25, 0.3) is 11.3 Å². The van der Waals surface area contributed by atoms with Gasteiger partial charge in [-0.1, -0.05) is 55.0 Å². The van der Waals surface area contributed by atoms with E-state index in [0.29, 0.717) is 18.7 Å². The summed E-state index contributed by atoms with van der Waals surface area (Å²) in [5, 5.41) is 6.27. The normalized spacial score (nSPS) is 10.0. The molecule has 0 radical (unpaired) electrons. The van der Waals surface area contributed by atoms with Crippen molar-refractivity contribution in [3.8, 4) is 11.3 Å². The molecule has 7 heteroatoms. The van der Waals surface area contributed by atoms with Crippen LogP contribution >= 0.6 is 24.8 Å². The maximum atomic E-state index is 12.3. The van der Waals surface area contributed by atoms with Crippen LogP contribution in [-0.4, -0.2) is 17.4 Å². The van der Waals surface area contributed by atoms with E-state index in [2.05, 4.69) is 22.5 Å². The number of nitrogens with zero attached hydrogens (tertiary/aromatic N) is 1. The smallest absolute Gasteiger partial charge is 0.224 e. The van der Waals surface area contributed by atoms with Gasteiger partial charge in [0.1, 0.15) is 0 Å². The number of para-hydroxylation sites is 1. The Morgan fingerprint density at radius 2 is 1.79 bits per heavy atom. The number of aromatic nitrogens is 1. The Bertz CT molecular complexity index is 895. The standard InChI is InChI=1S/C22H25N3O2.2ClH/c1-3-23-14-18-6-4-5-7-19(18)25-21(26)12-13-22-24-15-20(27-22)17-10-8-16(2)9-11-17;;/h4-11,15,23H,3,12-14H2,1-2H3,(H,25,26);2*1H. The summed E-state index contributed by atoms with van der Waals surface area (Å²) >= 11 is 0. The molecular formula is C22H27Cl2N3O2. The highest BCUT2D eigenvalue weighted by atomic mass is 35.5. The molecule has 1 amide bonds. The Balaban J connectivity index is 0.00000210. The molecule has 0 aliphatic rings. The van der Waals surface area contributed by atoms with Crippen molar-refractivity contribution < 1.29 is 9.21 Å². The molecule has 1 aromatic heterocycles. The topological polar surface area (TPSA) is 67.2 Å². The summed E-state index contributed by atoms with van der Waals surface area (Å²) in [6.07, 6.45) is 2.50. The van der Waals surface area contributed by atoms with Gasteiger partial charge in [0.25, 0.3) is 0 Å². The number of anilines is 1. The summed E-state index contributed by atoms with van der Waals surface area (Å²) < 4.78 is 5.79. The fraction of sp³-hybridized carbons (Fsp3) is 0.273. The number of aryl methyl sites for hydroxylation is 2. The minimum Gasteiger partial charge on any atom is -0.441 e. The van der Waals surface area contributed by atoms with Crippen molar-refractivity contribution in [2.45, 2.75) is 33.2 Å². The van der Waals surface area contributed by atoms with Crippen LogP contribution in [0.3, 0.4) is 0 Å². The molecule has 0 unspecified atom stereocenters. The van der Waals surface area contributed by atoms with E-state index in [0.717, 1.165) is 35.7 Å². The molecule has 29 heavy (non-hydrogen) atoms. The van der Waals surface area contributed by atoms with Crippen molar-refractivity contribution in [2.75, 3.05) is 11.9 Å². The number of hydrogen-bond acceptors (Lipinski definition) is 4. The van der Waals surface area contributed by atoms with Crippen molar-refractivity contribution in [1.82, 2.24) is 10.3 Å². The van der Waals surface area contributed by atoms with Crippen molar-refractivity contribution in [3.05, 3.63) is 71.7 Å². The van der Waals surface area contributed by atoms with Crippen molar-refractivity contribution in [3.63, 3.8) is 0 Å². The minimum atomic E-state index is -0.0472. The maximum absolute atomic E-state index is 12.3. The molecule has 1 heterocycles. The molecule has 0 spiro atoms. The van der Waals surface area contributed by atoms with Gasteiger partial charge in [-0.05, 0) is 25.1 Å². The van der Waals surface area contributed by atoms with E-state index in [-0.39, 0.29) is 30.7 Å². The first-order chi connectivity index (χ1) is 13.2. The Kier molecular flexibility index (Phi) is 10.5. The average molecular weight is 436 g/mol. The lowest BCUT2D eigenvalue weighted by atomic mass is 10.1. The van der Waals surface area contributed by atoms with Crippen LogP contribution in [0.1, 0.15) is 30.4 Å². The monoisotopic (exact) mass is 435 g/mol. The average Bonchev–Trinajstić information content (AvgIpc) is 3.15. The second-order valence-electron chi connectivity index (χ2n) is 6.47. The lowest BCUT2D eigenvalue weighted by Crippen LogP contribution is -2.17. The van der Waals surface area contributed by atoms with E-state index in [4.69, 9.17) is 4.42 Å². The third-order valence-electron chi connectivity index (χ3n) is 4.31. The molecule has 2 N–H and O–H groups in total. The highest BCUT2D eigenvalue weighted by Crippen LogP contribution is 2.21. The molecule has 0 aliphatic heterocycles. The molecule has 0 atom stereocenters. The van der Waals surface area contributed by atoms with Gasteiger partial charge in [0.15, 0.2) is 11.7 Å². The highest BCUT2D eigenvalue weighted by Gasteiger charge is 2.10. The number of carbonyl (C=O) groups is 1. The molecule has 5 nitrogen and oxygen atoms in total. The first-order valence-electron chi connectivity index (χ1n) is 9.26. The van der Waals surface area contributed by atoms with E-state index < -0.39 is 0 Å². The lowest BCUT2D eigenvalue weighted by molar-refractivity contribution is -0.116. The number of benzene rings is 2. The Morgan fingerprint density at radius 1 is 1.07 bits per heavy atom. The zero-order chi connectivity index (χ0) is 19.1. The van der Waals surface area contributed by atoms with Crippen LogP contribution in [0.2, 0.25) is 0 Å². The third kappa shape index (κ3) is 7.20. The van der Waals surface area contributed by atoms with E-state index >= 15 is 0 Å². The number of nitrogens with one attached hydrogen (secondary N) is 2. The molecular weight excluding hydrogens is 409 g/mol. The summed E-state index contributed by atoms with van der Waals surface area (Å²) in [6, 6.07) is 15.9. The van der Waals surface area contributed by atoms with Crippen LogP contribution in [-0.2, 0) is 17.8 Å². The van der Waals surface area contributed by atoms with Crippen molar-refractivity contribution in [2.24, 2.45) is 0 Å². The van der Waals surface area contributed by atoms with Gasteiger partial charge in [-0.15, -0.1) is 24.8 Å². The quantitative estimate of drug-likeness (QED) is 0.511. The fourth-order valence-electron chi connectivity index (χ4n) is 2.77. The minimum absolute atomic E-state index is 0. The van der Waals surface area contributed by atoms with Gasteiger partial charge >= 0.3 is 0 Å². The second-order valence-corrected chi connectivity index (χ2v) is 6.47. The lowest BCUT2D eigenvalue weighted by Gasteiger charge is -2.11. The maximum Gasteiger partial charge on any atom is 0.224 e. The molecule has 0 aliphatic carbocycles. The molecule has 0 fully saturated rings. The predicted molar refractivity (Wildman–Crippen MR) is 122 cm³/mol. The molecule has 0 bridgehead atoms. The summed E-state index contributed by atoms with van der Waals surface area (Å²) in [6.45, 7) is 5.72. The number of oxazole rings is 1. The van der Waals surface area contributed by atoms with Crippen LogP contribution in [0.4, 0.5) is 5.69 Å². The van der Waals surface area contributed by atoms with Crippen LogP contribution in [0.15, 0.2) is 59.1 Å². The van der Waals surface area contributed by atoms with E-state index in [1.165, 1.54) is 5.56 Å². The van der Waals surface area contributed by atoms with Gasteiger partial charge in [-0.2, -0.15) is 0 Å². The predicted octanol–water partition coefficient (Wildman–Crippen LogP) is 5.17. The van der Waals surface area contributed by atoms with Gasteiger partial charge in [-0.25, -0.2) is 4.98 Å². The van der Waals surface area contributed by atoms with E-state index in [1.807, 2.05) is 55.5 Å². The molecule has 2 aromatic carbocycles. The van der Waals surface area contributed by atoms with E-state index in [9.17, 15) is 4.79 Å². The fourth-order valence-corrected chi connectivity index (χ4v) is 2.77. The van der Waals surface area contributed by atoms with Gasteiger partial charge in [-0.3, -0.25) is 4.79 Å². The number of carbonyl (C=O) groups excluding carboxylic acids is 1. The molecule has 3 rings (SSSR count). The summed E-state index contributed by atoms with van der Waals surface area (Å²) in [5.74, 6) is 1.25. The van der Waals surface area contributed by atoms with Crippen LogP contribution in [0, 0.1) is 6.92 Å². The van der Waals surface area contributed by atoms with E-state index in [1.54, 1.807) is 6.20 Å². The summed E-state index contributed by atoms with van der Waals surface area (Å²) in [4.78, 5) is 16.6. The largest absolute Gasteiger partial charge is 0.441 e.